The van der Waals surface area contributed by atoms with Crippen LogP contribution in [0.25, 0.3) is 11.0 Å². The Bertz CT molecular complexity index is 916. The standard InChI is InChI=1S/C19H15FN2O3/c20-13-5-7-15(8-6-13)22-11-14(10-18(22)23)21-19(24)17-9-12-3-1-2-4-16(12)25-17/h1-9,14H,10-11H2,(H,21,24)/t14-/m1/s1. The number of halogens is 1. The molecule has 2 aromatic carbocycles. The second-order valence-electron chi connectivity index (χ2n) is 6.00. The molecule has 126 valence electrons. The maximum Gasteiger partial charge on any atom is 0.287 e. The Morgan fingerprint density at radius 1 is 1.16 bits per heavy atom. The Kier molecular flexibility index (Phi) is 3.72. The molecule has 3 aromatic rings. The highest BCUT2D eigenvalue weighted by Crippen LogP contribution is 2.23. The van der Waals surface area contributed by atoms with Crippen LogP contribution < -0.4 is 10.2 Å². The molecule has 0 radical (unpaired) electrons. The number of rotatable bonds is 3. The number of carbonyl (C=O) groups excluding carboxylic acids is 2. The maximum absolute atomic E-state index is 13.0. The summed E-state index contributed by atoms with van der Waals surface area (Å²) in [7, 11) is 0. The van der Waals surface area contributed by atoms with Gasteiger partial charge in [-0.25, -0.2) is 4.39 Å². The van der Waals surface area contributed by atoms with Gasteiger partial charge in [-0.1, -0.05) is 18.2 Å². The summed E-state index contributed by atoms with van der Waals surface area (Å²) in [5, 5.41) is 3.68. The van der Waals surface area contributed by atoms with Crippen LogP contribution in [0.2, 0.25) is 0 Å². The first-order valence-corrected chi connectivity index (χ1v) is 7.95. The van der Waals surface area contributed by atoms with Crippen LogP contribution in [0.1, 0.15) is 17.0 Å². The van der Waals surface area contributed by atoms with Crippen LogP contribution in [0.5, 0.6) is 0 Å². The van der Waals surface area contributed by atoms with Crippen molar-refractivity contribution in [1.82, 2.24) is 5.32 Å². The highest BCUT2D eigenvalue weighted by molar-refractivity contribution is 5.99. The van der Waals surface area contributed by atoms with Gasteiger partial charge in [-0.2, -0.15) is 0 Å². The van der Waals surface area contributed by atoms with Crippen LogP contribution in [0.4, 0.5) is 10.1 Å². The van der Waals surface area contributed by atoms with Crippen LogP contribution >= 0.6 is 0 Å². The molecular weight excluding hydrogens is 323 g/mol. The van der Waals surface area contributed by atoms with Gasteiger partial charge in [-0.15, -0.1) is 0 Å². The molecular formula is C19H15FN2O3. The smallest absolute Gasteiger partial charge is 0.287 e. The van der Waals surface area contributed by atoms with Crippen LogP contribution in [-0.4, -0.2) is 24.4 Å². The first-order valence-electron chi connectivity index (χ1n) is 7.95. The molecule has 25 heavy (non-hydrogen) atoms. The minimum absolute atomic E-state index is 0.110. The van der Waals surface area contributed by atoms with E-state index in [0.717, 1.165) is 5.39 Å². The Balaban J connectivity index is 1.47. The predicted molar refractivity (Wildman–Crippen MR) is 90.8 cm³/mol. The van der Waals surface area contributed by atoms with Crippen LogP contribution in [-0.2, 0) is 4.79 Å². The van der Waals surface area contributed by atoms with Gasteiger partial charge in [-0.3, -0.25) is 9.59 Å². The molecule has 1 aromatic heterocycles. The number of carbonyl (C=O) groups is 2. The predicted octanol–water partition coefficient (Wildman–Crippen LogP) is 3.11. The first-order chi connectivity index (χ1) is 12.1. The van der Waals surface area contributed by atoms with Crippen molar-refractivity contribution in [2.45, 2.75) is 12.5 Å². The zero-order chi connectivity index (χ0) is 17.4. The Morgan fingerprint density at radius 3 is 2.68 bits per heavy atom. The minimum Gasteiger partial charge on any atom is -0.451 e. The number of benzene rings is 2. The third-order valence-electron chi connectivity index (χ3n) is 4.25. The van der Waals surface area contributed by atoms with Gasteiger partial charge in [0.15, 0.2) is 5.76 Å². The van der Waals surface area contributed by atoms with Crippen molar-refractivity contribution in [2.24, 2.45) is 0 Å². The number of furan rings is 1. The number of para-hydroxylation sites is 1. The van der Waals surface area contributed by atoms with E-state index >= 15 is 0 Å². The molecule has 1 aliphatic heterocycles. The van der Waals surface area contributed by atoms with E-state index in [1.165, 1.54) is 12.1 Å². The zero-order valence-electron chi connectivity index (χ0n) is 13.2. The van der Waals surface area contributed by atoms with Gasteiger partial charge in [0.05, 0.1) is 6.04 Å². The minimum atomic E-state index is -0.356. The number of fused-ring (bicyclic) bond motifs is 1. The summed E-state index contributed by atoms with van der Waals surface area (Å²) in [6.07, 6.45) is 0.198. The SMILES string of the molecule is O=C(N[C@@H]1CC(=O)N(c2ccc(F)cc2)C1)c1cc2ccccc2o1. The molecule has 1 saturated heterocycles. The van der Waals surface area contributed by atoms with Crippen molar-refractivity contribution in [3.63, 3.8) is 0 Å². The fourth-order valence-electron chi connectivity index (χ4n) is 3.03. The summed E-state index contributed by atoms with van der Waals surface area (Å²) in [4.78, 5) is 26.1. The highest BCUT2D eigenvalue weighted by atomic mass is 19.1. The molecule has 5 nitrogen and oxygen atoms in total. The topological polar surface area (TPSA) is 62.6 Å². The van der Waals surface area contributed by atoms with E-state index in [1.807, 2.05) is 18.2 Å². The summed E-state index contributed by atoms with van der Waals surface area (Å²) in [5.74, 6) is -0.601. The summed E-state index contributed by atoms with van der Waals surface area (Å²) >= 11 is 0. The molecule has 2 heterocycles. The summed E-state index contributed by atoms with van der Waals surface area (Å²) in [6.45, 7) is 0.344. The summed E-state index contributed by atoms with van der Waals surface area (Å²) in [5.41, 5.74) is 1.26. The fourth-order valence-corrected chi connectivity index (χ4v) is 3.03. The maximum atomic E-state index is 13.0. The van der Waals surface area contributed by atoms with Gasteiger partial charge >= 0.3 is 0 Å². The second kappa shape index (κ2) is 6.05. The van der Waals surface area contributed by atoms with Crippen molar-refractivity contribution >= 4 is 28.5 Å². The lowest BCUT2D eigenvalue weighted by Gasteiger charge is -2.17. The number of hydrogen-bond acceptors (Lipinski definition) is 3. The molecule has 1 aliphatic rings. The Labute approximate surface area is 143 Å². The molecule has 1 N–H and O–H groups in total. The molecule has 0 unspecified atom stereocenters. The third kappa shape index (κ3) is 2.98. The molecule has 0 bridgehead atoms. The quantitative estimate of drug-likeness (QED) is 0.798. The number of amides is 2. The Hall–Kier alpha value is -3.15. The number of nitrogens with one attached hydrogen (secondary N) is 1. The van der Waals surface area contributed by atoms with Crippen molar-refractivity contribution in [3.8, 4) is 0 Å². The molecule has 1 fully saturated rings. The van der Waals surface area contributed by atoms with E-state index in [0.29, 0.717) is 17.8 Å². The summed E-state index contributed by atoms with van der Waals surface area (Å²) < 4.78 is 18.6. The molecule has 4 rings (SSSR count). The third-order valence-corrected chi connectivity index (χ3v) is 4.25. The van der Waals surface area contributed by atoms with E-state index in [9.17, 15) is 14.0 Å². The Morgan fingerprint density at radius 2 is 1.92 bits per heavy atom. The zero-order valence-corrected chi connectivity index (χ0v) is 13.2. The monoisotopic (exact) mass is 338 g/mol. The van der Waals surface area contributed by atoms with Crippen LogP contribution in [0.3, 0.4) is 0 Å². The molecule has 0 spiro atoms. The molecule has 0 aliphatic carbocycles. The van der Waals surface area contributed by atoms with Crippen LogP contribution in [0, 0.1) is 5.82 Å². The number of anilines is 1. The van der Waals surface area contributed by atoms with Gasteiger partial charge in [0.2, 0.25) is 5.91 Å². The molecule has 2 amide bonds. The second-order valence-corrected chi connectivity index (χ2v) is 6.00. The van der Waals surface area contributed by atoms with Crippen LogP contribution in [0.15, 0.2) is 59.0 Å². The van der Waals surface area contributed by atoms with E-state index in [2.05, 4.69) is 5.32 Å². The van der Waals surface area contributed by atoms with E-state index in [4.69, 9.17) is 4.42 Å². The van der Waals surface area contributed by atoms with Gasteiger partial charge in [0.25, 0.3) is 5.91 Å². The van der Waals surface area contributed by atoms with Crippen molar-refractivity contribution in [2.75, 3.05) is 11.4 Å². The fraction of sp³-hybridized carbons (Fsp3) is 0.158. The first kappa shape index (κ1) is 15.4. The van der Waals surface area contributed by atoms with Crippen molar-refractivity contribution in [3.05, 3.63) is 66.2 Å². The van der Waals surface area contributed by atoms with Crippen molar-refractivity contribution < 1.29 is 18.4 Å². The molecule has 1 atom stereocenters. The highest BCUT2D eigenvalue weighted by Gasteiger charge is 2.32. The average molecular weight is 338 g/mol. The van der Waals surface area contributed by atoms with Gasteiger partial charge in [-0.05, 0) is 36.4 Å². The largest absolute Gasteiger partial charge is 0.451 e. The normalized spacial score (nSPS) is 17.2. The molecule has 0 saturated carbocycles. The van der Waals surface area contributed by atoms with E-state index < -0.39 is 0 Å². The number of nitrogens with zero attached hydrogens (tertiary/aromatic N) is 1. The lowest BCUT2D eigenvalue weighted by molar-refractivity contribution is -0.117. The van der Waals surface area contributed by atoms with E-state index in [-0.39, 0.29) is 35.9 Å². The lowest BCUT2D eigenvalue weighted by atomic mass is 10.2. The number of hydrogen-bond donors (Lipinski definition) is 1. The summed E-state index contributed by atoms with van der Waals surface area (Å²) in [6, 6.07) is 14.4. The lowest BCUT2D eigenvalue weighted by Crippen LogP contribution is -2.37. The van der Waals surface area contributed by atoms with E-state index in [1.54, 1.807) is 29.2 Å². The average Bonchev–Trinajstić information content (AvgIpc) is 3.19. The van der Waals surface area contributed by atoms with Gasteiger partial charge in [0.1, 0.15) is 11.4 Å². The van der Waals surface area contributed by atoms with Gasteiger partial charge < -0.3 is 14.6 Å². The van der Waals surface area contributed by atoms with Crippen molar-refractivity contribution in [1.29, 1.82) is 0 Å². The van der Waals surface area contributed by atoms with Gasteiger partial charge in [0, 0.05) is 24.0 Å². The molecule has 6 heteroatoms.